The number of aromatic nitrogens is 3. The fraction of sp³-hybridized carbons (Fsp3) is 0.222. The summed E-state index contributed by atoms with van der Waals surface area (Å²) in [6.07, 6.45) is 3.35. The van der Waals surface area contributed by atoms with E-state index in [4.69, 9.17) is 5.11 Å². The summed E-state index contributed by atoms with van der Waals surface area (Å²) in [6, 6.07) is 1.81. The van der Waals surface area contributed by atoms with Crippen LogP contribution in [0.1, 0.15) is 5.69 Å². The number of rotatable bonds is 2. The van der Waals surface area contributed by atoms with E-state index in [1.54, 1.807) is 17.9 Å². The van der Waals surface area contributed by atoms with Crippen LogP contribution < -0.4 is 0 Å². The number of pyridine rings is 1. The molecule has 0 bridgehead atoms. The van der Waals surface area contributed by atoms with Crippen LogP contribution in [0, 0.1) is 0 Å². The number of aliphatic carboxylic acids is 1. The number of carboxylic acids is 1. The van der Waals surface area contributed by atoms with Crippen LogP contribution in [0.3, 0.4) is 0 Å². The Kier molecular flexibility index (Phi) is 1.92. The monoisotopic (exact) mass is 191 g/mol. The average molecular weight is 191 g/mol. The molecule has 0 atom stereocenters. The highest BCUT2D eigenvalue weighted by Crippen LogP contribution is 2.14. The summed E-state index contributed by atoms with van der Waals surface area (Å²) in [5, 5.41) is 13.7. The van der Waals surface area contributed by atoms with E-state index in [1.165, 1.54) is 0 Å². The van der Waals surface area contributed by atoms with Gasteiger partial charge in [-0.1, -0.05) is 0 Å². The topological polar surface area (TPSA) is 68.0 Å². The number of carboxylic acid groups (broad SMARTS) is 1. The lowest BCUT2D eigenvalue weighted by Crippen LogP contribution is -2.03. The second-order valence-electron chi connectivity index (χ2n) is 3.07. The van der Waals surface area contributed by atoms with Crippen LogP contribution in [0.25, 0.3) is 10.9 Å². The van der Waals surface area contributed by atoms with Crippen molar-refractivity contribution in [3.63, 3.8) is 0 Å². The van der Waals surface area contributed by atoms with E-state index in [-0.39, 0.29) is 6.42 Å². The second kappa shape index (κ2) is 3.10. The lowest BCUT2D eigenvalue weighted by atomic mass is 10.2. The maximum Gasteiger partial charge on any atom is 0.309 e. The van der Waals surface area contributed by atoms with Crippen LogP contribution in [0.4, 0.5) is 0 Å². The molecule has 14 heavy (non-hydrogen) atoms. The third kappa shape index (κ3) is 1.44. The summed E-state index contributed by atoms with van der Waals surface area (Å²) >= 11 is 0. The smallest absolute Gasteiger partial charge is 0.309 e. The molecule has 2 heterocycles. The van der Waals surface area contributed by atoms with Gasteiger partial charge in [-0.3, -0.25) is 14.5 Å². The van der Waals surface area contributed by atoms with Crippen molar-refractivity contribution >= 4 is 16.9 Å². The van der Waals surface area contributed by atoms with Gasteiger partial charge in [0.25, 0.3) is 0 Å². The molecule has 0 unspecified atom stereocenters. The fourth-order valence-corrected chi connectivity index (χ4v) is 1.39. The number of hydrogen-bond donors (Lipinski definition) is 1. The quantitative estimate of drug-likeness (QED) is 0.754. The zero-order chi connectivity index (χ0) is 10.1. The maximum atomic E-state index is 10.5. The number of hydrogen-bond acceptors (Lipinski definition) is 3. The predicted molar refractivity (Wildman–Crippen MR) is 49.8 cm³/mol. The Labute approximate surface area is 80.0 Å². The first-order chi connectivity index (χ1) is 6.66. The summed E-state index contributed by atoms with van der Waals surface area (Å²) < 4.78 is 1.65. The first kappa shape index (κ1) is 8.68. The standard InChI is InChI=1S/C9H9N3O2/c1-12-5-6-2-3-10-7(4-8(13)14)9(6)11-12/h2-3,5H,4H2,1H3,(H,13,14). The summed E-state index contributed by atoms with van der Waals surface area (Å²) in [4.78, 5) is 14.5. The van der Waals surface area contributed by atoms with Crippen LogP contribution in [0.15, 0.2) is 18.5 Å². The normalized spacial score (nSPS) is 10.6. The molecule has 0 aliphatic heterocycles. The summed E-state index contributed by atoms with van der Waals surface area (Å²) in [6.45, 7) is 0. The van der Waals surface area contributed by atoms with Gasteiger partial charge in [0, 0.05) is 24.8 Å². The molecule has 1 N–H and O–H groups in total. The predicted octanol–water partition coefficient (Wildman–Crippen LogP) is 0.595. The van der Waals surface area contributed by atoms with Gasteiger partial charge in [0.15, 0.2) is 0 Å². The summed E-state index contributed by atoms with van der Waals surface area (Å²) in [7, 11) is 1.80. The molecule has 0 saturated heterocycles. The minimum atomic E-state index is -0.893. The molecule has 2 aromatic heterocycles. The molecule has 0 saturated carbocycles. The molecule has 0 aromatic carbocycles. The van der Waals surface area contributed by atoms with Crippen molar-refractivity contribution < 1.29 is 9.90 Å². The number of nitrogens with zero attached hydrogens (tertiary/aromatic N) is 3. The Morgan fingerprint density at radius 3 is 3.14 bits per heavy atom. The van der Waals surface area contributed by atoms with E-state index in [0.29, 0.717) is 11.2 Å². The van der Waals surface area contributed by atoms with Crippen LogP contribution in [-0.4, -0.2) is 25.8 Å². The van der Waals surface area contributed by atoms with Crippen LogP contribution >= 0.6 is 0 Å². The van der Waals surface area contributed by atoms with Crippen LogP contribution in [0.2, 0.25) is 0 Å². The molecular weight excluding hydrogens is 182 g/mol. The van der Waals surface area contributed by atoms with Gasteiger partial charge in [0.05, 0.1) is 12.1 Å². The highest BCUT2D eigenvalue weighted by Gasteiger charge is 2.09. The Morgan fingerprint density at radius 2 is 2.43 bits per heavy atom. The van der Waals surface area contributed by atoms with Crippen molar-refractivity contribution in [1.82, 2.24) is 14.8 Å². The van der Waals surface area contributed by atoms with Gasteiger partial charge in [-0.25, -0.2) is 0 Å². The van der Waals surface area contributed by atoms with Crippen molar-refractivity contribution in [2.45, 2.75) is 6.42 Å². The zero-order valence-corrected chi connectivity index (χ0v) is 7.64. The van der Waals surface area contributed by atoms with Gasteiger partial charge in [-0.2, -0.15) is 5.10 Å². The highest BCUT2D eigenvalue weighted by atomic mass is 16.4. The third-order valence-corrected chi connectivity index (χ3v) is 1.93. The minimum Gasteiger partial charge on any atom is -0.481 e. The Balaban J connectivity index is 2.58. The molecular formula is C9H9N3O2. The fourth-order valence-electron chi connectivity index (χ4n) is 1.39. The first-order valence-corrected chi connectivity index (χ1v) is 4.16. The number of fused-ring (bicyclic) bond motifs is 1. The Hall–Kier alpha value is -1.91. The Morgan fingerprint density at radius 1 is 1.64 bits per heavy atom. The van der Waals surface area contributed by atoms with Gasteiger partial charge in [0.2, 0.25) is 0 Å². The molecule has 5 nitrogen and oxygen atoms in total. The van der Waals surface area contributed by atoms with Gasteiger partial charge < -0.3 is 5.11 Å². The van der Waals surface area contributed by atoms with Crippen LogP contribution in [0.5, 0.6) is 0 Å². The molecule has 0 aliphatic rings. The van der Waals surface area contributed by atoms with Crippen molar-refractivity contribution in [2.75, 3.05) is 0 Å². The van der Waals surface area contributed by atoms with Gasteiger partial charge in [-0.05, 0) is 6.07 Å². The van der Waals surface area contributed by atoms with Gasteiger partial charge in [0.1, 0.15) is 5.52 Å². The van der Waals surface area contributed by atoms with Crippen molar-refractivity contribution in [1.29, 1.82) is 0 Å². The van der Waals surface area contributed by atoms with E-state index in [0.717, 1.165) is 5.39 Å². The van der Waals surface area contributed by atoms with E-state index < -0.39 is 5.97 Å². The SMILES string of the molecule is Cn1cc2ccnc(CC(=O)O)c2n1. The highest BCUT2D eigenvalue weighted by molar-refractivity contribution is 5.83. The number of aryl methyl sites for hydroxylation is 1. The lowest BCUT2D eigenvalue weighted by molar-refractivity contribution is -0.136. The van der Waals surface area contributed by atoms with Crippen molar-refractivity contribution in [3.8, 4) is 0 Å². The number of carbonyl (C=O) groups is 1. The van der Waals surface area contributed by atoms with Gasteiger partial charge in [-0.15, -0.1) is 0 Å². The average Bonchev–Trinajstić information content (AvgIpc) is 2.45. The van der Waals surface area contributed by atoms with E-state index in [2.05, 4.69) is 10.1 Å². The molecule has 0 fully saturated rings. The molecule has 0 aliphatic carbocycles. The summed E-state index contributed by atoms with van der Waals surface area (Å²) in [5.41, 5.74) is 1.17. The maximum absolute atomic E-state index is 10.5. The largest absolute Gasteiger partial charge is 0.481 e. The van der Waals surface area contributed by atoms with E-state index in [1.807, 2.05) is 12.3 Å². The van der Waals surface area contributed by atoms with E-state index >= 15 is 0 Å². The zero-order valence-electron chi connectivity index (χ0n) is 7.64. The molecule has 0 spiro atoms. The molecule has 0 radical (unpaired) electrons. The minimum absolute atomic E-state index is 0.0889. The molecule has 2 rings (SSSR count). The Bertz CT molecular complexity index is 490. The first-order valence-electron chi connectivity index (χ1n) is 4.16. The van der Waals surface area contributed by atoms with Crippen molar-refractivity contribution in [2.24, 2.45) is 7.05 Å². The lowest BCUT2D eigenvalue weighted by Gasteiger charge is -1.95. The second-order valence-corrected chi connectivity index (χ2v) is 3.07. The molecule has 2 aromatic rings. The van der Waals surface area contributed by atoms with Crippen LogP contribution in [-0.2, 0) is 18.3 Å². The van der Waals surface area contributed by atoms with Gasteiger partial charge >= 0.3 is 5.97 Å². The summed E-state index contributed by atoms with van der Waals surface area (Å²) in [5.74, 6) is -0.893. The molecule has 0 amide bonds. The third-order valence-electron chi connectivity index (χ3n) is 1.93. The van der Waals surface area contributed by atoms with E-state index in [9.17, 15) is 4.79 Å². The molecule has 5 heteroatoms. The van der Waals surface area contributed by atoms with Crippen molar-refractivity contribution in [3.05, 3.63) is 24.2 Å². The molecule has 72 valence electrons.